The van der Waals surface area contributed by atoms with E-state index in [0.717, 1.165) is 25.3 Å². The Balaban J connectivity index is 1.42. The summed E-state index contributed by atoms with van der Waals surface area (Å²) in [5.74, 6) is 1.33. The molecule has 4 rings (SSSR count). The molecule has 2 aliphatic rings. The molecule has 7 nitrogen and oxygen atoms in total. The second kappa shape index (κ2) is 7.70. The van der Waals surface area contributed by atoms with E-state index in [-0.39, 0.29) is 12.0 Å². The van der Waals surface area contributed by atoms with Gasteiger partial charge in [0.15, 0.2) is 5.82 Å². The number of carbonyl (C=O) groups excluding carboxylic acids is 1. The van der Waals surface area contributed by atoms with Crippen LogP contribution in [0.5, 0.6) is 5.88 Å². The van der Waals surface area contributed by atoms with Crippen LogP contribution < -0.4 is 9.64 Å². The summed E-state index contributed by atoms with van der Waals surface area (Å²) in [5.41, 5.74) is 0.710. The summed E-state index contributed by atoms with van der Waals surface area (Å²) >= 11 is 0. The first-order valence-electron chi connectivity index (χ1n) is 8.96. The van der Waals surface area contributed by atoms with Crippen LogP contribution in [-0.2, 0) is 4.74 Å². The van der Waals surface area contributed by atoms with Gasteiger partial charge in [-0.2, -0.15) is 0 Å². The molecule has 2 aromatic rings. The number of nitrogens with zero attached hydrogens (tertiary/aromatic N) is 4. The Morgan fingerprint density at radius 3 is 2.65 bits per heavy atom. The highest BCUT2D eigenvalue weighted by molar-refractivity contribution is 5.94. The molecule has 0 radical (unpaired) electrons. The average Bonchev–Trinajstić information content (AvgIpc) is 3.18. The normalized spacial score (nSPS) is 20.2. The van der Waals surface area contributed by atoms with Crippen LogP contribution in [-0.4, -0.2) is 66.3 Å². The van der Waals surface area contributed by atoms with Gasteiger partial charge in [0.1, 0.15) is 6.10 Å². The molecular weight excluding hydrogens is 332 g/mol. The van der Waals surface area contributed by atoms with E-state index >= 15 is 0 Å². The Morgan fingerprint density at radius 2 is 1.85 bits per heavy atom. The molecule has 2 fully saturated rings. The number of anilines is 1. The predicted octanol–water partition coefficient (Wildman–Crippen LogP) is 1.61. The van der Waals surface area contributed by atoms with Crippen molar-refractivity contribution >= 4 is 11.7 Å². The minimum absolute atomic E-state index is 0.0456. The van der Waals surface area contributed by atoms with Gasteiger partial charge >= 0.3 is 0 Å². The zero-order valence-corrected chi connectivity index (χ0v) is 14.6. The van der Waals surface area contributed by atoms with Gasteiger partial charge in [0.05, 0.1) is 19.8 Å². The molecule has 1 amide bonds. The van der Waals surface area contributed by atoms with E-state index in [1.165, 1.54) is 0 Å². The van der Waals surface area contributed by atoms with Crippen LogP contribution in [0, 0.1) is 0 Å². The molecule has 0 bridgehead atoms. The number of hydrogen-bond donors (Lipinski definition) is 0. The first-order valence-corrected chi connectivity index (χ1v) is 8.96. The van der Waals surface area contributed by atoms with E-state index in [4.69, 9.17) is 9.47 Å². The van der Waals surface area contributed by atoms with E-state index in [2.05, 4.69) is 14.9 Å². The molecule has 0 spiro atoms. The number of hydrogen-bond acceptors (Lipinski definition) is 6. The fourth-order valence-electron chi connectivity index (χ4n) is 3.32. The molecular formula is C19H22N4O3. The Labute approximate surface area is 152 Å². The Morgan fingerprint density at radius 1 is 1.08 bits per heavy atom. The summed E-state index contributed by atoms with van der Waals surface area (Å²) in [7, 11) is 0. The van der Waals surface area contributed by atoms with Gasteiger partial charge < -0.3 is 19.3 Å². The molecule has 1 unspecified atom stereocenters. The lowest BCUT2D eigenvalue weighted by Gasteiger charge is -2.29. The van der Waals surface area contributed by atoms with Gasteiger partial charge in [-0.1, -0.05) is 18.2 Å². The fourth-order valence-corrected chi connectivity index (χ4v) is 3.32. The van der Waals surface area contributed by atoms with Crippen molar-refractivity contribution in [1.29, 1.82) is 0 Å². The van der Waals surface area contributed by atoms with Crippen LogP contribution in [0.3, 0.4) is 0 Å². The van der Waals surface area contributed by atoms with Crippen molar-refractivity contribution < 1.29 is 14.3 Å². The molecule has 1 aromatic carbocycles. The molecule has 136 valence electrons. The summed E-state index contributed by atoms with van der Waals surface area (Å²) in [4.78, 5) is 25.4. The van der Waals surface area contributed by atoms with Crippen molar-refractivity contribution in [3.63, 3.8) is 0 Å². The molecule has 1 atom stereocenters. The fraction of sp³-hybridized carbons (Fsp3) is 0.421. The molecule has 3 heterocycles. The quantitative estimate of drug-likeness (QED) is 0.831. The van der Waals surface area contributed by atoms with Gasteiger partial charge in [0.2, 0.25) is 0 Å². The third-order valence-electron chi connectivity index (χ3n) is 4.69. The maximum absolute atomic E-state index is 12.6. The number of amides is 1. The van der Waals surface area contributed by atoms with E-state index < -0.39 is 0 Å². The average molecular weight is 354 g/mol. The van der Waals surface area contributed by atoms with Crippen molar-refractivity contribution in [2.75, 3.05) is 44.3 Å². The molecule has 7 heteroatoms. The number of rotatable bonds is 4. The van der Waals surface area contributed by atoms with Gasteiger partial charge in [-0.05, 0) is 12.1 Å². The third-order valence-corrected chi connectivity index (χ3v) is 4.69. The van der Waals surface area contributed by atoms with E-state index in [1.54, 1.807) is 12.4 Å². The smallest absolute Gasteiger partial charge is 0.257 e. The summed E-state index contributed by atoms with van der Waals surface area (Å²) in [6.45, 7) is 4.16. The molecule has 0 saturated carbocycles. The minimum Gasteiger partial charge on any atom is -0.470 e. The SMILES string of the molecule is O=C(c1ccccc1)N1CCC(Oc2nccnc2N2CCOCC2)C1. The summed E-state index contributed by atoms with van der Waals surface area (Å²) in [6.07, 6.45) is 4.04. The van der Waals surface area contributed by atoms with Crippen LogP contribution in [0.1, 0.15) is 16.8 Å². The number of carbonyl (C=O) groups is 1. The zero-order valence-electron chi connectivity index (χ0n) is 14.6. The number of aromatic nitrogens is 2. The molecule has 1 aromatic heterocycles. The number of ether oxygens (including phenoxy) is 2. The van der Waals surface area contributed by atoms with Gasteiger partial charge in [-0.25, -0.2) is 9.97 Å². The highest BCUT2D eigenvalue weighted by atomic mass is 16.5. The number of likely N-dealkylation sites (tertiary alicyclic amines) is 1. The standard InChI is InChI=1S/C19H22N4O3/c24-19(15-4-2-1-3-5-15)23-9-6-16(14-23)26-18-17(20-7-8-21-18)22-10-12-25-13-11-22/h1-5,7-8,16H,6,9-14H2. The highest BCUT2D eigenvalue weighted by Gasteiger charge is 2.30. The van der Waals surface area contributed by atoms with Crippen LogP contribution in [0.2, 0.25) is 0 Å². The maximum Gasteiger partial charge on any atom is 0.257 e. The Bertz CT molecular complexity index is 749. The monoisotopic (exact) mass is 354 g/mol. The van der Waals surface area contributed by atoms with Gasteiger partial charge in [-0.3, -0.25) is 4.79 Å². The van der Waals surface area contributed by atoms with Gasteiger partial charge in [-0.15, -0.1) is 0 Å². The Hall–Kier alpha value is -2.67. The van der Waals surface area contributed by atoms with Crippen LogP contribution in [0.15, 0.2) is 42.7 Å². The summed E-state index contributed by atoms with van der Waals surface area (Å²) in [5, 5.41) is 0. The van der Waals surface area contributed by atoms with E-state index in [0.29, 0.717) is 37.7 Å². The van der Waals surface area contributed by atoms with Crippen LogP contribution in [0.4, 0.5) is 5.82 Å². The lowest BCUT2D eigenvalue weighted by molar-refractivity contribution is 0.0771. The van der Waals surface area contributed by atoms with Crippen molar-refractivity contribution in [1.82, 2.24) is 14.9 Å². The molecule has 26 heavy (non-hydrogen) atoms. The van der Waals surface area contributed by atoms with Crippen LogP contribution >= 0.6 is 0 Å². The maximum atomic E-state index is 12.6. The highest BCUT2D eigenvalue weighted by Crippen LogP contribution is 2.26. The van der Waals surface area contributed by atoms with Crippen molar-refractivity contribution in [2.45, 2.75) is 12.5 Å². The van der Waals surface area contributed by atoms with Crippen molar-refractivity contribution in [3.8, 4) is 5.88 Å². The topological polar surface area (TPSA) is 67.8 Å². The largest absolute Gasteiger partial charge is 0.470 e. The van der Waals surface area contributed by atoms with Crippen LogP contribution in [0.25, 0.3) is 0 Å². The van der Waals surface area contributed by atoms with Crippen molar-refractivity contribution in [2.24, 2.45) is 0 Å². The first kappa shape index (κ1) is 16.8. The third kappa shape index (κ3) is 3.62. The zero-order chi connectivity index (χ0) is 17.8. The van der Waals surface area contributed by atoms with E-state index in [9.17, 15) is 4.79 Å². The van der Waals surface area contributed by atoms with Gasteiger partial charge in [0, 0.05) is 44.0 Å². The second-order valence-corrected chi connectivity index (χ2v) is 6.43. The van der Waals surface area contributed by atoms with Gasteiger partial charge in [0.25, 0.3) is 11.8 Å². The molecule has 0 N–H and O–H groups in total. The number of benzene rings is 1. The lowest BCUT2D eigenvalue weighted by atomic mass is 10.2. The summed E-state index contributed by atoms with van der Waals surface area (Å²) in [6, 6.07) is 9.36. The minimum atomic E-state index is -0.0702. The predicted molar refractivity (Wildman–Crippen MR) is 96.4 cm³/mol. The first-order chi connectivity index (χ1) is 12.8. The molecule has 2 saturated heterocycles. The molecule has 2 aliphatic heterocycles. The molecule has 0 aliphatic carbocycles. The summed E-state index contributed by atoms with van der Waals surface area (Å²) < 4.78 is 11.5. The Kier molecular flexibility index (Phi) is 4.97. The second-order valence-electron chi connectivity index (χ2n) is 6.43. The van der Waals surface area contributed by atoms with Crippen molar-refractivity contribution in [3.05, 3.63) is 48.3 Å². The number of morpholine rings is 1. The van der Waals surface area contributed by atoms with E-state index in [1.807, 2.05) is 35.2 Å². The lowest BCUT2D eigenvalue weighted by Crippen LogP contribution is -2.37.